The normalized spacial score (nSPS) is 16.1. The zero-order chi connectivity index (χ0) is 8.39. The van der Waals surface area contributed by atoms with Gasteiger partial charge in [0.05, 0.1) is 6.61 Å². The Labute approximate surface area is 70.4 Å². The van der Waals surface area contributed by atoms with Crippen molar-refractivity contribution in [3.8, 4) is 5.75 Å². The molecule has 0 unspecified atom stereocenters. The molecule has 1 aliphatic rings. The molecular formula is C9H10FNO. The molecule has 0 N–H and O–H groups in total. The van der Waals surface area contributed by atoms with Crippen LogP contribution in [0.5, 0.6) is 5.75 Å². The molecule has 12 heavy (non-hydrogen) atoms. The summed E-state index contributed by atoms with van der Waals surface area (Å²) in [6.07, 6.45) is 3.84. The van der Waals surface area contributed by atoms with Crippen LogP contribution in [0.1, 0.15) is 12.8 Å². The van der Waals surface area contributed by atoms with E-state index in [1.807, 2.05) is 0 Å². The maximum Gasteiger partial charge on any atom is 0.255 e. The summed E-state index contributed by atoms with van der Waals surface area (Å²) >= 11 is 0. The minimum absolute atomic E-state index is 0.268. The van der Waals surface area contributed by atoms with Crippen molar-refractivity contribution in [1.29, 1.82) is 0 Å². The smallest absolute Gasteiger partial charge is 0.255 e. The summed E-state index contributed by atoms with van der Waals surface area (Å²) in [6, 6.07) is 3.27. The van der Waals surface area contributed by atoms with E-state index in [1.54, 1.807) is 12.1 Å². The molecule has 1 saturated carbocycles. The third-order valence-corrected chi connectivity index (χ3v) is 1.90. The molecule has 1 aromatic heterocycles. The summed E-state index contributed by atoms with van der Waals surface area (Å²) in [7, 11) is 0. The highest BCUT2D eigenvalue weighted by atomic mass is 19.1. The highest BCUT2D eigenvalue weighted by molar-refractivity contribution is 5.17. The number of ether oxygens (including phenoxy) is 1. The lowest BCUT2D eigenvalue weighted by Crippen LogP contribution is -2.01. The van der Waals surface area contributed by atoms with E-state index in [0.29, 0.717) is 12.5 Å². The predicted octanol–water partition coefficient (Wildman–Crippen LogP) is 2.01. The maximum absolute atomic E-state index is 12.8. The minimum Gasteiger partial charge on any atom is -0.488 e. The van der Waals surface area contributed by atoms with Gasteiger partial charge in [-0.15, -0.1) is 0 Å². The van der Waals surface area contributed by atoms with Crippen molar-refractivity contribution in [3.63, 3.8) is 0 Å². The van der Waals surface area contributed by atoms with Gasteiger partial charge in [-0.2, -0.15) is 4.39 Å². The summed E-state index contributed by atoms with van der Waals surface area (Å²) in [5, 5.41) is 0. The van der Waals surface area contributed by atoms with Crippen LogP contribution in [0, 0.1) is 11.9 Å². The summed E-state index contributed by atoms with van der Waals surface area (Å²) < 4.78 is 18.0. The van der Waals surface area contributed by atoms with Crippen molar-refractivity contribution < 1.29 is 9.13 Å². The van der Waals surface area contributed by atoms with E-state index in [1.165, 1.54) is 19.0 Å². The Kier molecular flexibility index (Phi) is 1.94. The van der Waals surface area contributed by atoms with Crippen LogP contribution in [0.3, 0.4) is 0 Å². The van der Waals surface area contributed by atoms with Gasteiger partial charge in [0.25, 0.3) is 5.95 Å². The van der Waals surface area contributed by atoms with Crippen molar-refractivity contribution in [1.82, 2.24) is 4.98 Å². The Morgan fingerprint density at radius 1 is 1.58 bits per heavy atom. The zero-order valence-corrected chi connectivity index (χ0v) is 6.66. The number of hydrogen-bond acceptors (Lipinski definition) is 2. The number of nitrogens with zero attached hydrogens (tertiary/aromatic N) is 1. The second kappa shape index (κ2) is 3.09. The second-order valence-electron chi connectivity index (χ2n) is 3.05. The zero-order valence-electron chi connectivity index (χ0n) is 6.66. The molecule has 1 fully saturated rings. The van der Waals surface area contributed by atoms with Gasteiger partial charge in [0.15, 0.2) is 5.75 Å². The average molecular weight is 167 g/mol. The fraction of sp³-hybridized carbons (Fsp3) is 0.444. The lowest BCUT2D eigenvalue weighted by Gasteiger charge is -2.03. The van der Waals surface area contributed by atoms with Gasteiger partial charge in [0.2, 0.25) is 0 Å². The first-order valence-corrected chi connectivity index (χ1v) is 4.09. The van der Waals surface area contributed by atoms with E-state index in [4.69, 9.17) is 4.74 Å². The van der Waals surface area contributed by atoms with Crippen LogP contribution in [-0.2, 0) is 0 Å². The first kappa shape index (κ1) is 7.53. The molecule has 0 aliphatic heterocycles. The second-order valence-corrected chi connectivity index (χ2v) is 3.05. The summed E-state index contributed by atoms with van der Waals surface area (Å²) in [6.45, 7) is 0.628. The first-order valence-electron chi connectivity index (χ1n) is 4.09. The van der Waals surface area contributed by atoms with Crippen LogP contribution in [0.25, 0.3) is 0 Å². The minimum atomic E-state index is -0.516. The molecule has 1 heterocycles. The standard InChI is InChI=1S/C9H10FNO/c10-9-8(2-1-5-11-9)12-6-7-3-4-7/h1-2,5,7H,3-4,6H2. The Morgan fingerprint density at radius 2 is 2.42 bits per heavy atom. The van der Waals surface area contributed by atoms with Crippen LogP contribution < -0.4 is 4.74 Å². The first-order chi connectivity index (χ1) is 5.86. The summed E-state index contributed by atoms with van der Waals surface area (Å²) in [5.74, 6) is 0.396. The topological polar surface area (TPSA) is 22.1 Å². The van der Waals surface area contributed by atoms with Crippen molar-refractivity contribution in [2.24, 2.45) is 5.92 Å². The SMILES string of the molecule is Fc1ncccc1OCC1CC1. The molecular weight excluding hydrogens is 157 g/mol. The van der Waals surface area contributed by atoms with Gasteiger partial charge >= 0.3 is 0 Å². The fourth-order valence-corrected chi connectivity index (χ4v) is 0.971. The Morgan fingerprint density at radius 3 is 3.08 bits per heavy atom. The molecule has 2 nitrogen and oxygen atoms in total. The van der Waals surface area contributed by atoms with Crippen LogP contribution >= 0.6 is 0 Å². The van der Waals surface area contributed by atoms with Crippen LogP contribution in [-0.4, -0.2) is 11.6 Å². The third-order valence-electron chi connectivity index (χ3n) is 1.90. The number of halogens is 1. The van der Waals surface area contributed by atoms with Gasteiger partial charge in [-0.05, 0) is 30.9 Å². The van der Waals surface area contributed by atoms with Crippen LogP contribution in [0.15, 0.2) is 18.3 Å². The molecule has 0 radical (unpaired) electrons. The van der Waals surface area contributed by atoms with Gasteiger partial charge in [-0.1, -0.05) is 0 Å². The van der Waals surface area contributed by atoms with E-state index in [-0.39, 0.29) is 5.75 Å². The summed E-state index contributed by atoms with van der Waals surface area (Å²) in [5.41, 5.74) is 0. The quantitative estimate of drug-likeness (QED) is 0.642. The van der Waals surface area contributed by atoms with Crippen molar-refractivity contribution in [3.05, 3.63) is 24.3 Å². The van der Waals surface area contributed by atoms with Gasteiger partial charge in [-0.25, -0.2) is 4.98 Å². The van der Waals surface area contributed by atoms with E-state index >= 15 is 0 Å². The molecule has 0 saturated heterocycles. The van der Waals surface area contributed by atoms with Gasteiger partial charge < -0.3 is 4.74 Å². The molecule has 3 heteroatoms. The fourth-order valence-electron chi connectivity index (χ4n) is 0.971. The van der Waals surface area contributed by atoms with Crippen molar-refractivity contribution >= 4 is 0 Å². The lowest BCUT2D eigenvalue weighted by molar-refractivity contribution is 0.281. The molecule has 0 bridgehead atoms. The summed E-state index contributed by atoms with van der Waals surface area (Å²) in [4.78, 5) is 3.49. The molecule has 0 atom stereocenters. The van der Waals surface area contributed by atoms with E-state index in [0.717, 1.165) is 0 Å². The highest BCUT2D eigenvalue weighted by Crippen LogP contribution is 2.29. The van der Waals surface area contributed by atoms with Crippen LogP contribution in [0.4, 0.5) is 4.39 Å². The molecule has 64 valence electrons. The van der Waals surface area contributed by atoms with Gasteiger partial charge in [-0.3, -0.25) is 0 Å². The Hall–Kier alpha value is -1.12. The predicted molar refractivity (Wildman–Crippen MR) is 42.4 cm³/mol. The van der Waals surface area contributed by atoms with E-state index in [9.17, 15) is 4.39 Å². The van der Waals surface area contributed by atoms with E-state index in [2.05, 4.69) is 4.98 Å². The molecule has 0 amide bonds. The number of rotatable bonds is 3. The van der Waals surface area contributed by atoms with Gasteiger partial charge in [0, 0.05) is 6.20 Å². The van der Waals surface area contributed by atoms with E-state index < -0.39 is 5.95 Å². The largest absolute Gasteiger partial charge is 0.488 e. The molecule has 1 aliphatic carbocycles. The van der Waals surface area contributed by atoms with Crippen LogP contribution in [0.2, 0.25) is 0 Å². The lowest BCUT2D eigenvalue weighted by atomic mass is 10.4. The number of hydrogen-bond donors (Lipinski definition) is 0. The third kappa shape index (κ3) is 1.72. The van der Waals surface area contributed by atoms with Crippen molar-refractivity contribution in [2.45, 2.75) is 12.8 Å². The highest BCUT2D eigenvalue weighted by Gasteiger charge is 2.22. The van der Waals surface area contributed by atoms with Gasteiger partial charge in [0.1, 0.15) is 0 Å². The Balaban J connectivity index is 1.96. The van der Waals surface area contributed by atoms with Crippen molar-refractivity contribution in [2.75, 3.05) is 6.61 Å². The number of aromatic nitrogens is 1. The monoisotopic (exact) mass is 167 g/mol. The molecule has 1 aromatic rings. The molecule has 0 aromatic carbocycles. The average Bonchev–Trinajstić information content (AvgIpc) is 2.86. The number of pyridine rings is 1. The molecule has 0 spiro atoms. The Bertz CT molecular complexity index is 273. The maximum atomic E-state index is 12.8. The molecule has 2 rings (SSSR count).